The van der Waals surface area contributed by atoms with Crippen LogP contribution >= 0.6 is 23.1 Å². The summed E-state index contributed by atoms with van der Waals surface area (Å²) in [5, 5.41) is 84.5. The third-order valence-corrected chi connectivity index (χ3v) is 13.7. The van der Waals surface area contributed by atoms with E-state index >= 15 is 0 Å². The summed E-state index contributed by atoms with van der Waals surface area (Å²) in [7, 11) is 0. The molecular formula is C43H27N3O11S2. The van der Waals surface area contributed by atoms with Gasteiger partial charge in [-0.1, -0.05) is 0 Å². The number of carbonyl (C=O) groups is 1. The Kier molecular flexibility index (Phi) is 7.22. The number of aromatic nitrogens is 1. The summed E-state index contributed by atoms with van der Waals surface area (Å²) in [6.45, 7) is 2.16. The highest BCUT2D eigenvalue weighted by molar-refractivity contribution is 8.15. The zero-order chi connectivity index (χ0) is 40.9. The molecule has 0 amide bonds. The number of nitrogens with zero attached hydrogens (tertiary/aromatic N) is 2. The molecule has 11 rings (SSSR count). The average Bonchev–Trinajstić information content (AvgIpc) is 3.85. The number of thiazole rings is 1. The van der Waals surface area contributed by atoms with E-state index in [2.05, 4.69) is 15.3 Å². The van der Waals surface area contributed by atoms with Gasteiger partial charge in [0.15, 0.2) is 16.9 Å². The number of carboxylic acid groups (broad SMARTS) is 1. The molecule has 1 unspecified atom stereocenters. The predicted octanol–water partition coefficient (Wildman–Crippen LogP) is 6.96. The third-order valence-electron chi connectivity index (χ3n) is 11.5. The van der Waals surface area contributed by atoms with Crippen molar-refractivity contribution in [2.75, 3.05) is 24.2 Å². The first-order valence-corrected chi connectivity index (χ1v) is 20.1. The molecule has 0 spiro atoms. The van der Waals surface area contributed by atoms with Crippen molar-refractivity contribution in [3.05, 3.63) is 79.0 Å². The van der Waals surface area contributed by atoms with Gasteiger partial charge in [-0.2, -0.15) is 0 Å². The topological polar surface area (TPSA) is 239 Å². The van der Waals surface area contributed by atoms with Gasteiger partial charge in [0.25, 0.3) is 0 Å². The van der Waals surface area contributed by atoms with Crippen molar-refractivity contribution < 1.29 is 45.3 Å². The molecule has 0 aliphatic carbocycles. The lowest BCUT2D eigenvalue weighted by atomic mass is 9.77. The van der Waals surface area contributed by atoms with Gasteiger partial charge >= 0.3 is 5.97 Å². The minimum atomic E-state index is -0.967. The van der Waals surface area contributed by atoms with E-state index in [-0.39, 0.29) is 77.8 Å². The Bertz CT molecular complexity index is 3660. The van der Waals surface area contributed by atoms with E-state index < -0.39 is 57.4 Å². The number of carboxylic acids is 1. The number of benzene rings is 9. The van der Waals surface area contributed by atoms with E-state index in [1.807, 2.05) is 18.2 Å². The van der Waals surface area contributed by atoms with Crippen molar-refractivity contribution in [1.29, 1.82) is 0 Å². The standard InChI is InChI=1S/C43H27N3O11S2/c1-13-6-18(47)29-33-25(13)26-14(11-57-5-4-44-15-2-3-16-24(8-15)59-42(45-16)41-46-17(12-58-41)43(55)56)7-19(48)30-34(26)38-36-28(21(50)10-23(52)32(36)40(30)54)27-20(49)9-22(51)31(39(29)53)35(27)37(33)38/h2-3,6-10,17,44,49-54H,4-5,11-12H2,1H3,(H,55,56). The Morgan fingerprint density at radius 1 is 0.729 bits per heavy atom. The molecule has 1 atom stereocenters. The average molecular weight is 826 g/mol. The number of phenols is 6. The molecule has 8 N–H and O–H groups in total. The fourth-order valence-electron chi connectivity index (χ4n) is 9.18. The minimum Gasteiger partial charge on any atom is -0.507 e. The number of aliphatic imine (C=N–C) groups is 1. The van der Waals surface area contributed by atoms with Crippen molar-refractivity contribution in [2.45, 2.75) is 19.6 Å². The van der Waals surface area contributed by atoms with Gasteiger partial charge in [-0.15, -0.1) is 23.1 Å². The maximum atomic E-state index is 14.2. The summed E-state index contributed by atoms with van der Waals surface area (Å²) in [6, 6.07) is 9.56. The molecule has 10 aromatic rings. The Labute approximate surface area is 336 Å². The van der Waals surface area contributed by atoms with Gasteiger partial charge < -0.3 is 45.8 Å². The first-order valence-electron chi connectivity index (χ1n) is 18.3. The Hall–Kier alpha value is -6.88. The summed E-state index contributed by atoms with van der Waals surface area (Å²) in [5.74, 6) is -3.67. The quantitative estimate of drug-likeness (QED) is 0.0439. The second-order valence-electron chi connectivity index (χ2n) is 14.8. The van der Waals surface area contributed by atoms with Crippen molar-refractivity contribution in [3.8, 4) is 34.5 Å². The second kappa shape index (κ2) is 12.1. The number of rotatable bonds is 8. The maximum Gasteiger partial charge on any atom is 0.329 e. The number of fused-ring (bicyclic) bond motifs is 3. The van der Waals surface area contributed by atoms with Crippen molar-refractivity contribution in [2.24, 2.45) is 4.99 Å². The second-order valence-corrected chi connectivity index (χ2v) is 16.8. The van der Waals surface area contributed by atoms with Crippen LogP contribution in [0.1, 0.15) is 16.1 Å². The number of aromatic hydroxyl groups is 6. The van der Waals surface area contributed by atoms with Crippen LogP contribution in [0.2, 0.25) is 0 Å². The smallest absolute Gasteiger partial charge is 0.329 e. The zero-order valence-electron chi connectivity index (χ0n) is 30.4. The normalized spacial score (nSPS) is 14.9. The summed E-state index contributed by atoms with van der Waals surface area (Å²) in [4.78, 5) is 48.3. The number of ether oxygens (including phenoxy) is 1. The van der Waals surface area contributed by atoms with Gasteiger partial charge in [0, 0.05) is 73.2 Å². The highest BCUT2D eigenvalue weighted by Gasteiger charge is 2.34. The Morgan fingerprint density at radius 2 is 1.31 bits per heavy atom. The first-order chi connectivity index (χ1) is 28.3. The number of hydrogen-bond acceptors (Lipinski definition) is 15. The van der Waals surface area contributed by atoms with E-state index in [1.54, 1.807) is 6.92 Å². The van der Waals surface area contributed by atoms with Gasteiger partial charge in [0.2, 0.25) is 0 Å². The molecule has 2 heterocycles. The van der Waals surface area contributed by atoms with Crippen LogP contribution in [0.15, 0.2) is 57.0 Å². The van der Waals surface area contributed by atoms with Crippen LogP contribution in [0.25, 0.3) is 85.6 Å². The van der Waals surface area contributed by atoms with Crippen molar-refractivity contribution in [1.82, 2.24) is 4.98 Å². The van der Waals surface area contributed by atoms with Gasteiger partial charge in [0.05, 0.1) is 45.0 Å². The molecule has 0 radical (unpaired) electrons. The largest absolute Gasteiger partial charge is 0.507 e. The van der Waals surface area contributed by atoms with Crippen LogP contribution in [-0.4, -0.2) is 76.7 Å². The lowest BCUT2D eigenvalue weighted by Crippen LogP contribution is -2.17. The van der Waals surface area contributed by atoms with Gasteiger partial charge in [0.1, 0.15) is 44.5 Å². The van der Waals surface area contributed by atoms with Crippen LogP contribution in [0.5, 0.6) is 34.5 Å². The highest BCUT2D eigenvalue weighted by Crippen LogP contribution is 2.60. The molecule has 0 saturated carbocycles. The highest BCUT2D eigenvalue weighted by atomic mass is 32.2. The number of phenolic OH excluding ortho intramolecular Hbond substituents is 6. The van der Waals surface area contributed by atoms with Crippen LogP contribution in [0.3, 0.4) is 0 Å². The molecule has 0 saturated heterocycles. The monoisotopic (exact) mass is 825 g/mol. The van der Waals surface area contributed by atoms with E-state index in [0.29, 0.717) is 44.2 Å². The van der Waals surface area contributed by atoms with Crippen LogP contribution in [0, 0.1) is 6.92 Å². The molecule has 14 nitrogen and oxygen atoms in total. The van der Waals surface area contributed by atoms with Crippen LogP contribution in [-0.2, 0) is 16.1 Å². The fourth-order valence-corrected chi connectivity index (χ4v) is 11.3. The lowest BCUT2D eigenvalue weighted by Gasteiger charge is -2.26. The number of nitrogens with one attached hydrogen (secondary N) is 1. The molecule has 292 valence electrons. The van der Waals surface area contributed by atoms with Crippen LogP contribution in [0.4, 0.5) is 5.69 Å². The predicted molar refractivity (Wildman–Crippen MR) is 229 cm³/mol. The summed E-state index contributed by atoms with van der Waals surface area (Å²) in [6.07, 6.45) is 0. The van der Waals surface area contributed by atoms with E-state index in [9.17, 15) is 50.1 Å². The van der Waals surface area contributed by atoms with Gasteiger partial charge in [-0.05, 0) is 59.2 Å². The van der Waals surface area contributed by atoms with Crippen LogP contribution < -0.4 is 16.2 Å². The Balaban J connectivity index is 1.05. The zero-order valence-corrected chi connectivity index (χ0v) is 32.1. The molecule has 16 heteroatoms. The fraction of sp³-hybridized carbons (Fsp3) is 0.140. The molecule has 0 bridgehead atoms. The van der Waals surface area contributed by atoms with E-state index in [0.717, 1.165) is 28.0 Å². The summed E-state index contributed by atoms with van der Waals surface area (Å²) < 4.78 is 7.07. The molecule has 1 aliphatic heterocycles. The molecule has 1 aromatic heterocycles. The third kappa shape index (κ3) is 4.64. The molecule has 59 heavy (non-hydrogen) atoms. The number of thioether (sulfide) groups is 1. The minimum absolute atomic E-state index is 0.00229. The summed E-state index contributed by atoms with van der Waals surface area (Å²) >= 11 is 2.79. The summed E-state index contributed by atoms with van der Waals surface area (Å²) in [5.41, 5.74) is 1.33. The molecule has 0 fully saturated rings. The number of hydrogen-bond donors (Lipinski definition) is 8. The number of anilines is 1. The Morgan fingerprint density at radius 3 is 1.93 bits per heavy atom. The van der Waals surface area contributed by atoms with E-state index in [4.69, 9.17) is 4.74 Å². The molecule has 9 aromatic carbocycles. The SMILES string of the molecule is Cc1cc(=O)c2c(O)c3c(O)cc(O)c4c5c(O)cc(O)c6c(O)c7c(=O)cc(COCCNc8ccc9nc(C%10=NC(C(=O)O)CS%10)sc9c8)c8c1c2c(c34)c(c65)c78. The van der Waals surface area contributed by atoms with Crippen molar-refractivity contribution >= 4 is 125 Å². The lowest BCUT2D eigenvalue weighted by molar-refractivity contribution is -0.137. The maximum absolute atomic E-state index is 14.2. The number of aliphatic carboxylic acids is 1. The number of aryl methyl sites for hydroxylation is 1. The van der Waals surface area contributed by atoms with Crippen molar-refractivity contribution in [3.63, 3.8) is 0 Å². The molecule has 1 aliphatic rings. The van der Waals surface area contributed by atoms with Gasteiger partial charge in [-0.25, -0.2) is 9.78 Å². The first kappa shape index (κ1) is 35.3. The molecular weight excluding hydrogens is 799 g/mol. The van der Waals surface area contributed by atoms with E-state index in [1.165, 1.54) is 35.2 Å². The van der Waals surface area contributed by atoms with Gasteiger partial charge in [-0.3, -0.25) is 14.6 Å².